The first-order valence-electron chi connectivity index (χ1n) is 17.8. The van der Waals surface area contributed by atoms with E-state index in [9.17, 15) is 0 Å². The fourth-order valence-corrected chi connectivity index (χ4v) is 8.06. The van der Waals surface area contributed by atoms with Crippen molar-refractivity contribution in [3.63, 3.8) is 0 Å². The van der Waals surface area contributed by atoms with E-state index in [2.05, 4.69) is 152 Å². The molecule has 1 aliphatic rings. The molecule has 0 radical (unpaired) electrons. The number of benzene rings is 7. The molecule has 4 nitrogen and oxygen atoms in total. The molecule has 246 valence electrons. The maximum absolute atomic E-state index is 5.19. The Hall–Kier alpha value is -6.65. The Morgan fingerprint density at radius 2 is 0.942 bits per heavy atom. The SMILES string of the molecule is CC1(C)c2cc3c4ccccc4n(-c4nc(-c5ccccc5)nc(-c5ccccc5)n4)c3cc2-c2c(-c3ccccc3)cc(-c3ccccc3)cc21. The maximum atomic E-state index is 5.19. The largest absolute Gasteiger partial charge is 0.278 e. The third-order valence-corrected chi connectivity index (χ3v) is 10.6. The molecule has 4 heteroatoms. The molecule has 0 fully saturated rings. The minimum absolute atomic E-state index is 0.232. The molecule has 0 amide bonds. The van der Waals surface area contributed by atoms with E-state index in [1.165, 1.54) is 55.3 Å². The Bertz CT molecular complexity index is 2730. The lowest BCUT2D eigenvalue weighted by atomic mass is 9.80. The van der Waals surface area contributed by atoms with Crippen LogP contribution in [0.15, 0.2) is 170 Å². The van der Waals surface area contributed by atoms with E-state index < -0.39 is 0 Å². The summed E-state index contributed by atoms with van der Waals surface area (Å²) in [7, 11) is 0. The molecular formula is C48H34N4. The highest BCUT2D eigenvalue weighted by Gasteiger charge is 2.38. The van der Waals surface area contributed by atoms with Gasteiger partial charge < -0.3 is 0 Å². The van der Waals surface area contributed by atoms with Crippen molar-refractivity contribution in [1.82, 2.24) is 19.5 Å². The fourth-order valence-electron chi connectivity index (χ4n) is 8.06. The van der Waals surface area contributed by atoms with Gasteiger partial charge in [-0.3, -0.25) is 4.57 Å². The van der Waals surface area contributed by atoms with Crippen LogP contribution in [0, 0.1) is 0 Å². The molecule has 0 unspecified atom stereocenters. The molecule has 2 aromatic heterocycles. The molecule has 52 heavy (non-hydrogen) atoms. The molecule has 2 heterocycles. The first kappa shape index (κ1) is 30.2. The highest BCUT2D eigenvalue weighted by molar-refractivity contribution is 6.12. The molecule has 0 saturated carbocycles. The van der Waals surface area contributed by atoms with Crippen LogP contribution in [0.25, 0.3) is 83.9 Å². The van der Waals surface area contributed by atoms with Crippen molar-refractivity contribution in [3.05, 3.63) is 181 Å². The molecule has 9 aromatic rings. The Morgan fingerprint density at radius 1 is 0.404 bits per heavy atom. The van der Waals surface area contributed by atoms with Crippen molar-refractivity contribution < 1.29 is 0 Å². The summed E-state index contributed by atoms with van der Waals surface area (Å²) in [6, 6.07) is 60.1. The highest BCUT2D eigenvalue weighted by atomic mass is 15.2. The number of aromatic nitrogens is 4. The lowest BCUT2D eigenvalue weighted by Crippen LogP contribution is -2.15. The van der Waals surface area contributed by atoms with Crippen molar-refractivity contribution in [3.8, 4) is 62.1 Å². The minimum Gasteiger partial charge on any atom is -0.278 e. The summed E-state index contributed by atoms with van der Waals surface area (Å²) >= 11 is 0. The number of para-hydroxylation sites is 1. The van der Waals surface area contributed by atoms with Crippen molar-refractivity contribution >= 4 is 21.8 Å². The van der Waals surface area contributed by atoms with E-state index in [0.29, 0.717) is 17.6 Å². The normalized spacial score (nSPS) is 13.0. The first-order chi connectivity index (χ1) is 25.5. The molecule has 0 saturated heterocycles. The van der Waals surface area contributed by atoms with Gasteiger partial charge in [0.1, 0.15) is 0 Å². The second-order valence-corrected chi connectivity index (χ2v) is 14.1. The second kappa shape index (κ2) is 11.7. The van der Waals surface area contributed by atoms with Crippen LogP contribution in [0.4, 0.5) is 0 Å². The predicted molar refractivity (Wildman–Crippen MR) is 213 cm³/mol. The zero-order valence-electron chi connectivity index (χ0n) is 29.0. The summed E-state index contributed by atoms with van der Waals surface area (Å²) in [5.41, 5.74) is 13.9. The van der Waals surface area contributed by atoms with Crippen LogP contribution in [0.2, 0.25) is 0 Å². The standard InChI is InChI=1S/C48H34N4/c1-48(2)40-29-38-36-25-15-16-26-42(36)52(47-50-45(33-21-11-5-12-22-33)49-46(51-47)34-23-13-6-14-24-34)43(38)30-39(40)44-37(32-19-9-4-10-20-32)27-35(28-41(44)48)31-17-7-3-8-18-31/h3-30H,1-2H3. The van der Waals surface area contributed by atoms with Gasteiger partial charge >= 0.3 is 0 Å². The van der Waals surface area contributed by atoms with Crippen LogP contribution >= 0.6 is 0 Å². The highest BCUT2D eigenvalue weighted by Crippen LogP contribution is 2.55. The van der Waals surface area contributed by atoms with Gasteiger partial charge in [0.05, 0.1) is 11.0 Å². The molecule has 0 atom stereocenters. The minimum atomic E-state index is -0.232. The monoisotopic (exact) mass is 666 g/mol. The predicted octanol–water partition coefficient (Wildman–Crippen LogP) is 11.9. The van der Waals surface area contributed by atoms with E-state index in [-0.39, 0.29) is 5.41 Å². The van der Waals surface area contributed by atoms with Gasteiger partial charge in [0, 0.05) is 27.3 Å². The van der Waals surface area contributed by atoms with Gasteiger partial charge in [0.2, 0.25) is 5.95 Å². The number of rotatable bonds is 5. The molecule has 10 rings (SSSR count). The number of hydrogen-bond donors (Lipinski definition) is 0. The van der Waals surface area contributed by atoms with E-state index in [4.69, 9.17) is 15.0 Å². The molecular weight excluding hydrogens is 633 g/mol. The quantitative estimate of drug-likeness (QED) is 0.184. The Balaban J connectivity index is 1.28. The topological polar surface area (TPSA) is 43.6 Å². The summed E-state index contributed by atoms with van der Waals surface area (Å²) in [6.07, 6.45) is 0. The molecule has 1 aliphatic carbocycles. The fraction of sp³-hybridized carbons (Fsp3) is 0.0625. The molecule has 0 aliphatic heterocycles. The van der Waals surface area contributed by atoms with Gasteiger partial charge in [-0.15, -0.1) is 0 Å². The zero-order valence-corrected chi connectivity index (χ0v) is 29.0. The lowest BCUT2D eigenvalue weighted by Gasteiger charge is -2.23. The van der Waals surface area contributed by atoms with E-state index in [1.807, 2.05) is 36.4 Å². The zero-order chi connectivity index (χ0) is 34.8. The van der Waals surface area contributed by atoms with Crippen LogP contribution in [0.5, 0.6) is 0 Å². The summed E-state index contributed by atoms with van der Waals surface area (Å²) in [4.78, 5) is 15.4. The summed E-state index contributed by atoms with van der Waals surface area (Å²) in [6.45, 7) is 4.74. The first-order valence-corrected chi connectivity index (χ1v) is 17.8. The summed E-state index contributed by atoms with van der Waals surface area (Å²) in [5.74, 6) is 1.88. The van der Waals surface area contributed by atoms with Crippen molar-refractivity contribution in [1.29, 1.82) is 0 Å². The average Bonchev–Trinajstić information content (AvgIpc) is 3.65. The summed E-state index contributed by atoms with van der Waals surface area (Å²) in [5, 5.41) is 2.35. The Morgan fingerprint density at radius 3 is 1.56 bits per heavy atom. The van der Waals surface area contributed by atoms with Crippen molar-refractivity contribution in [2.45, 2.75) is 19.3 Å². The van der Waals surface area contributed by atoms with Gasteiger partial charge in [-0.25, -0.2) is 4.98 Å². The number of nitrogens with zero attached hydrogens (tertiary/aromatic N) is 4. The van der Waals surface area contributed by atoms with Crippen molar-refractivity contribution in [2.24, 2.45) is 0 Å². The molecule has 0 bridgehead atoms. The van der Waals surface area contributed by atoms with Gasteiger partial charge in [-0.2, -0.15) is 9.97 Å². The van der Waals surface area contributed by atoms with Gasteiger partial charge in [0.25, 0.3) is 0 Å². The van der Waals surface area contributed by atoms with Crippen LogP contribution in [0.1, 0.15) is 25.0 Å². The van der Waals surface area contributed by atoms with E-state index >= 15 is 0 Å². The van der Waals surface area contributed by atoms with Crippen LogP contribution < -0.4 is 0 Å². The Kier molecular flexibility index (Phi) is 6.80. The van der Waals surface area contributed by atoms with Gasteiger partial charge in [-0.05, 0) is 74.8 Å². The summed E-state index contributed by atoms with van der Waals surface area (Å²) < 4.78 is 2.23. The Labute approximate surface area is 302 Å². The third-order valence-electron chi connectivity index (χ3n) is 10.6. The van der Waals surface area contributed by atoms with E-state index in [1.54, 1.807) is 0 Å². The van der Waals surface area contributed by atoms with Crippen LogP contribution in [-0.4, -0.2) is 19.5 Å². The molecule has 0 N–H and O–H groups in total. The molecule has 0 spiro atoms. The van der Waals surface area contributed by atoms with E-state index in [0.717, 1.165) is 22.2 Å². The van der Waals surface area contributed by atoms with Crippen molar-refractivity contribution in [2.75, 3.05) is 0 Å². The smallest absolute Gasteiger partial charge is 0.238 e. The maximum Gasteiger partial charge on any atom is 0.238 e. The molecule has 7 aromatic carbocycles. The van der Waals surface area contributed by atoms with Gasteiger partial charge in [0.15, 0.2) is 11.6 Å². The number of fused-ring (bicyclic) bond motifs is 6. The second-order valence-electron chi connectivity index (χ2n) is 14.1. The van der Waals surface area contributed by atoms with Crippen LogP contribution in [0.3, 0.4) is 0 Å². The number of hydrogen-bond acceptors (Lipinski definition) is 3. The lowest BCUT2D eigenvalue weighted by molar-refractivity contribution is 0.661. The third kappa shape index (κ3) is 4.72. The average molecular weight is 667 g/mol. The van der Waals surface area contributed by atoms with Crippen LogP contribution in [-0.2, 0) is 5.41 Å². The van der Waals surface area contributed by atoms with Gasteiger partial charge in [-0.1, -0.05) is 153 Å².